The van der Waals surface area contributed by atoms with Crippen LogP contribution in [0, 0.1) is 0 Å². The maximum absolute atomic E-state index is 12.3. The number of amides is 1. The lowest BCUT2D eigenvalue weighted by Gasteiger charge is -2.05. The van der Waals surface area contributed by atoms with Gasteiger partial charge in [-0.05, 0) is 41.8 Å². The van der Waals surface area contributed by atoms with Crippen LogP contribution in [0.25, 0.3) is 10.4 Å². The largest absolute Gasteiger partial charge is 0.497 e. The van der Waals surface area contributed by atoms with Crippen molar-refractivity contribution in [2.45, 2.75) is 6.42 Å². The van der Waals surface area contributed by atoms with Crippen LogP contribution in [0.15, 0.2) is 66.7 Å². The number of thiophene rings is 1. The average Bonchev–Trinajstić information content (AvgIpc) is 3.13. The third kappa shape index (κ3) is 4.03. The van der Waals surface area contributed by atoms with Crippen LogP contribution < -0.4 is 10.1 Å². The van der Waals surface area contributed by atoms with E-state index in [-0.39, 0.29) is 5.91 Å². The van der Waals surface area contributed by atoms with Gasteiger partial charge in [-0.25, -0.2) is 0 Å². The molecule has 3 aromatic rings. The molecule has 0 radical (unpaired) electrons. The zero-order chi connectivity index (χ0) is 16.8. The molecule has 1 aromatic heterocycles. The van der Waals surface area contributed by atoms with Crippen LogP contribution in [-0.4, -0.2) is 19.6 Å². The van der Waals surface area contributed by atoms with Crippen LogP contribution >= 0.6 is 11.3 Å². The quantitative estimate of drug-likeness (QED) is 0.724. The van der Waals surface area contributed by atoms with Gasteiger partial charge in [-0.15, -0.1) is 11.3 Å². The number of carbonyl (C=O) groups excluding carboxylic acids is 1. The first-order valence-corrected chi connectivity index (χ1v) is 8.64. The Balaban J connectivity index is 1.54. The van der Waals surface area contributed by atoms with E-state index in [4.69, 9.17) is 4.74 Å². The van der Waals surface area contributed by atoms with Crippen LogP contribution in [0.2, 0.25) is 0 Å². The van der Waals surface area contributed by atoms with E-state index in [1.807, 2.05) is 54.6 Å². The fourth-order valence-electron chi connectivity index (χ4n) is 2.42. The van der Waals surface area contributed by atoms with E-state index < -0.39 is 0 Å². The summed E-state index contributed by atoms with van der Waals surface area (Å²) in [6, 6.07) is 21.9. The zero-order valence-corrected chi connectivity index (χ0v) is 14.3. The van der Waals surface area contributed by atoms with Gasteiger partial charge in [-0.2, -0.15) is 0 Å². The van der Waals surface area contributed by atoms with Crippen molar-refractivity contribution in [3.63, 3.8) is 0 Å². The Morgan fingerprint density at radius 1 is 1.00 bits per heavy atom. The number of carbonyl (C=O) groups is 1. The van der Waals surface area contributed by atoms with E-state index in [1.165, 1.54) is 16.9 Å². The van der Waals surface area contributed by atoms with Crippen LogP contribution in [0.3, 0.4) is 0 Å². The van der Waals surface area contributed by atoms with Gasteiger partial charge in [0.25, 0.3) is 5.91 Å². The highest BCUT2D eigenvalue weighted by atomic mass is 32.1. The van der Waals surface area contributed by atoms with Gasteiger partial charge < -0.3 is 10.1 Å². The lowest BCUT2D eigenvalue weighted by molar-refractivity contribution is 0.0958. The molecule has 1 amide bonds. The Bertz CT molecular complexity index is 794. The predicted octanol–water partition coefficient (Wildman–Crippen LogP) is 4.40. The molecule has 0 atom stereocenters. The summed E-state index contributed by atoms with van der Waals surface area (Å²) in [6.45, 7) is 0.615. The normalized spacial score (nSPS) is 10.4. The number of hydrogen-bond acceptors (Lipinski definition) is 3. The molecule has 0 aliphatic carbocycles. The van der Waals surface area contributed by atoms with Crippen molar-refractivity contribution in [3.05, 3.63) is 77.2 Å². The molecule has 0 unspecified atom stereocenters. The van der Waals surface area contributed by atoms with Crippen molar-refractivity contribution in [3.8, 4) is 16.2 Å². The molecule has 1 heterocycles. The monoisotopic (exact) mass is 337 g/mol. The number of nitrogens with one attached hydrogen (secondary N) is 1. The number of rotatable bonds is 6. The Kier molecular flexibility index (Phi) is 5.29. The molecule has 4 heteroatoms. The molecule has 122 valence electrons. The minimum Gasteiger partial charge on any atom is -0.497 e. The molecule has 0 fully saturated rings. The minimum absolute atomic E-state index is 0.0179. The van der Waals surface area contributed by atoms with Crippen molar-refractivity contribution in [2.24, 2.45) is 0 Å². The van der Waals surface area contributed by atoms with Gasteiger partial charge in [-0.1, -0.05) is 42.5 Å². The van der Waals surface area contributed by atoms with Crippen LogP contribution in [0.1, 0.15) is 15.2 Å². The first-order chi connectivity index (χ1) is 11.8. The fourth-order valence-corrected chi connectivity index (χ4v) is 3.35. The molecular formula is C20H19NO2S. The van der Waals surface area contributed by atoms with Gasteiger partial charge >= 0.3 is 0 Å². The van der Waals surface area contributed by atoms with Gasteiger partial charge in [0.1, 0.15) is 5.75 Å². The molecule has 0 saturated heterocycles. The number of ether oxygens (including phenoxy) is 1. The first-order valence-electron chi connectivity index (χ1n) is 7.82. The number of benzene rings is 2. The average molecular weight is 337 g/mol. The summed E-state index contributed by atoms with van der Waals surface area (Å²) < 4.78 is 5.14. The molecule has 0 aliphatic heterocycles. The SMILES string of the molecule is COc1ccc(CCNC(=O)c2ccc(-c3ccccc3)s2)cc1. The number of hydrogen-bond donors (Lipinski definition) is 1. The Hall–Kier alpha value is -2.59. The molecule has 0 spiro atoms. The minimum atomic E-state index is -0.0179. The summed E-state index contributed by atoms with van der Waals surface area (Å²) in [4.78, 5) is 14.1. The van der Waals surface area contributed by atoms with Crippen molar-refractivity contribution >= 4 is 17.2 Å². The second-order valence-corrected chi connectivity index (χ2v) is 6.47. The summed E-state index contributed by atoms with van der Waals surface area (Å²) in [5.74, 6) is 0.825. The van der Waals surface area contributed by atoms with Gasteiger partial charge in [0, 0.05) is 11.4 Å². The van der Waals surface area contributed by atoms with Crippen molar-refractivity contribution in [1.82, 2.24) is 5.32 Å². The van der Waals surface area contributed by atoms with E-state index in [1.54, 1.807) is 7.11 Å². The van der Waals surface area contributed by atoms with Gasteiger partial charge in [0.2, 0.25) is 0 Å². The molecule has 3 rings (SSSR count). The molecule has 2 aromatic carbocycles. The van der Waals surface area contributed by atoms with E-state index >= 15 is 0 Å². The predicted molar refractivity (Wildman–Crippen MR) is 98.8 cm³/mol. The summed E-state index contributed by atoms with van der Waals surface area (Å²) >= 11 is 1.52. The highest BCUT2D eigenvalue weighted by Gasteiger charge is 2.09. The standard InChI is InChI=1S/C20H19NO2S/c1-23-17-9-7-15(8-10-17)13-14-21-20(22)19-12-11-18(24-19)16-5-3-2-4-6-16/h2-12H,13-14H2,1H3,(H,21,22). The smallest absolute Gasteiger partial charge is 0.261 e. The Morgan fingerprint density at radius 2 is 1.75 bits per heavy atom. The van der Waals surface area contributed by atoms with Gasteiger partial charge in [-0.3, -0.25) is 4.79 Å². The van der Waals surface area contributed by atoms with Crippen LogP contribution in [-0.2, 0) is 6.42 Å². The third-order valence-corrected chi connectivity index (χ3v) is 4.88. The van der Waals surface area contributed by atoms with E-state index in [0.29, 0.717) is 6.54 Å². The lowest BCUT2D eigenvalue weighted by Crippen LogP contribution is -2.24. The van der Waals surface area contributed by atoms with Crippen LogP contribution in [0.4, 0.5) is 0 Å². The maximum Gasteiger partial charge on any atom is 0.261 e. The molecule has 24 heavy (non-hydrogen) atoms. The summed E-state index contributed by atoms with van der Waals surface area (Å²) in [6.07, 6.45) is 0.798. The summed E-state index contributed by atoms with van der Waals surface area (Å²) in [5.41, 5.74) is 2.31. The molecule has 0 saturated carbocycles. The van der Waals surface area contributed by atoms with E-state index in [2.05, 4.69) is 17.4 Å². The van der Waals surface area contributed by atoms with E-state index in [9.17, 15) is 4.79 Å². The molecule has 0 aliphatic rings. The Morgan fingerprint density at radius 3 is 2.46 bits per heavy atom. The third-order valence-electron chi connectivity index (χ3n) is 3.75. The highest BCUT2D eigenvalue weighted by Crippen LogP contribution is 2.27. The Labute approximate surface area is 145 Å². The highest BCUT2D eigenvalue weighted by molar-refractivity contribution is 7.17. The molecular weight excluding hydrogens is 318 g/mol. The zero-order valence-electron chi connectivity index (χ0n) is 13.5. The number of methoxy groups -OCH3 is 1. The maximum atomic E-state index is 12.3. The first kappa shape index (κ1) is 16.3. The van der Waals surface area contributed by atoms with Crippen molar-refractivity contribution in [1.29, 1.82) is 0 Å². The second kappa shape index (κ2) is 7.79. The molecule has 0 bridgehead atoms. The van der Waals surface area contributed by atoms with E-state index in [0.717, 1.165) is 27.5 Å². The van der Waals surface area contributed by atoms with Gasteiger partial charge in [0.05, 0.1) is 12.0 Å². The van der Waals surface area contributed by atoms with Crippen molar-refractivity contribution in [2.75, 3.05) is 13.7 Å². The fraction of sp³-hybridized carbons (Fsp3) is 0.150. The van der Waals surface area contributed by atoms with Gasteiger partial charge in [0.15, 0.2) is 0 Å². The summed E-state index contributed by atoms with van der Waals surface area (Å²) in [5, 5.41) is 2.98. The lowest BCUT2D eigenvalue weighted by atomic mass is 10.1. The second-order valence-electron chi connectivity index (χ2n) is 5.38. The molecule has 1 N–H and O–H groups in total. The van der Waals surface area contributed by atoms with Crippen molar-refractivity contribution < 1.29 is 9.53 Å². The molecule has 3 nitrogen and oxygen atoms in total. The topological polar surface area (TPSA) is 38.3 Å². The summed E-state index contributed by atoms with van der Waals surface area (Å²) in [7, 11) is 1.65. The van der Waals surface area contributed by atoms with Crippen LogP contribution in [0.5, 0.6) is 5.75 Å².